The summed E-state index contributed by atoms with van der Waals surface area (Å²) in [6.07, 6.45) is 54.4. The van der Waals surface area contributed by atoms with Gasteiger partial charge in [0.1, 0.15) is 0 Å². The fourth-order valence-corrected chi connectivity index (χ4v) is 8.02. The van der Waals surface area contributed by atoms with Crippen LogP contribution in [-0.2, 0) is 18.4 Å². The highest BCUT2D eigenvalue weighted by Gasteiger charge is 2.27. The second kappa shape index (κ2) is 45.3. The van der Waals surface area contributed by atoms with Crippen molar-refractivity contribution < 1.29 is 28.4 Å². The van der Waals surface area contributed by atoms with Crippen molar-refractivity contribution in [2.75, 3.05) is 19.8 Å². The van der Waals surface area contributed by atoms with Crippen LogP contribution in [0.1, 0.15) is 239 Å². The SMILES string of the molecule is CCCCCCC/C=C\C/C=C\C/C=C\CCCCCCCCC(=O)NC(COP(=O)(O)OCCN)C(O)CCCCCCCCCCCCCCCCCCCC. The number of amides is 1. The Hall–Kier alpha value is -1.28. The number of carbonyl (C=O) groups excluding carboxylic acids is 1. The predicted octanol–water partition coefficient (Wildman–Crippen LogP) is 14.3. The minimum Gasteiger partial charge on any atom is -0.391 e. The molecule has 0 aliphatic rings. The van der Waals surface area contributed by atoms with E-state index in [2.05, 4.69) is 55.6 Å². The standard InChI is InChI=1S/C49H95N2O6P/c1-3-5-7-9-11-13-15-17-19-21-23-24-25-27-29-31-33-35-37-39-41-43-49(53)51-47(46-57-58(54,55)56-45-44-50)48(52)42-40-38-36-34-32-30-28-26-22-20-18-16-14-12-10-8-6-4-2/h15,17,21,23,25,27,47-48,52H,3-14,16,18-20,22,24,26,28-46,50H2,1-2H3,(H,51,53)(H,54,55)/b17-15-,23-21-,27-25-. The molecule has 0 rings (SSSR count). The number of phosphoric ester groups is 1. The molecule has 5 N–H and O–H groups in total. The van der Waals surface area contributed by atoms with Crippen LogP contribution < -0.4 is 11.1 Å². The van der Waals surface area contributed by atoms with Gasteiger partial charge < -0.3 is 21.1 Å². The van der Waals surface area contributed by atoms with Gasteiger partial charge in [0.2, 0.25) is 5.91 Å². The largest absolute Gasteiger partial charge is 0.472 e. The quantitative estimate of drug-likeness (QED) is 0.0273. The van der Waals surface area contributed by atoms with Gasteiger partial charge in [-0.15, -0.1) is 0 Å². The van der Waals surface area contributed by atoms with Crippen LogP contribution in [-0.4, -0.2) is 47.8 Å². The van der Waals surface area contributed by atoms with Crippen molar-refractivity contribution in [1.82, 2.24) is 5.32 Å². The lowest BCUT2D eigenvalue weighted by Gasteiger charge is -2.25. The number of aliphatic hydroxyl groups is 1. The third kappa shape index (κ3) is 42.8. The summed E-state index contributed by atoms with van der Waals surface area (Å²) >= 11 is 0. The normalized spacial score (nSPS) is 14.2. The molecule has 1 amide bonds. The average molecular weight is 839 g/mol. The number of rotatable bonds is 46. The number of aliphatic hydroxyl groups excluding tert-OH is 1. The first-order valence-electron chi connectivity index (χ1n) is 24.6. The van der Waals surface area contributed by atoms with E-state index in [0.717, 1.165) is 64.2 Å². The van der Waals surface area contributed by atoms with Crippen LogP contribution >= 0.6 is 7.82 Å². The molecule has 3 atom stereocenters. The number of carbonyl (C=O) groups is 1. The first-order valence-corrected chi connectivity index (χ1v) is 26.1. The predicted molar refractivity (Wildman–Crippen MR) is 249 cm³/mol. The summed E-state index contributed by atoms with van der Waals surface area (Å²) in [4.78, 5) is 22.8. The zero-order valence-electron chi connectivity index (χ0n) is 38.0. The van der Waals surface area contributed by atoms with Gasteiger partial charge in [-0.05, 0) is 51.4 Å². The van der Waals surface area contributed by atoms with Gasteiger partial charge in [0, 0.05) is 13.0 Å². The van der Waals surface area contributed by atoms with Crippen LogP contribution in [0.2, 0.25) is 0 Å². The number of nitrogens with two attached hydrogens (primary N) is 1. The van der Waals surface area contributed by atoms with E-state index >= 15 is 0 Å². The summed E-state index contributed by atoms with van der Waals surface area (Å²) < 4.78 is 22.3. The first-order chi connectivity index (χ1) is 28.4. The Morgan fingerprint density at radius 2 is 0.948 bits per heavy atom. The van der Waals surface area contributed by atoms with Gasteiger partial charge in [0.25, 0.3) is 0 Å². The number of allylic oxidation sites excluding steroid dienone is 6. The molecule has 0 aromatic heterocycles. The number of unbranched alkanes of at least 4 members (excludes halogenated alkanes) is 28. The molecule has 0 fully saturated rings. The fourth-order valence-electron chi connectivity index (χ4n) is 7.26. The summed E-state index contributed by atoms with van der Waals surface area (Å²) in [5.41, 5.74) is 5.39. The van der Waals surface area contributed by atoms with Gasteiger partial charge in [0.15, 0.2) is 0 Å². The number of nitrogens with one attached hydrogen (secondary N) is 1. The van der Waals surface area contributed by atoms with E-state index in [1.807, 2.05) is 0 Å². The van der Waals surface area contributed by atoms with Crippen LogP contribution in [0.25, 0.3) is 0 Å². The molecule has 342 valence electrons. The fraction of sp³-hybridized carbons (Fsp3) is 0.857. The van der Waals surface area contributed by atoms with Crippen LogP contribution in [0.3, 0.4) is 0 Å². The summed E-state index contributed by atoms with van der Waals surface area (Å²) in [6, 6.07) is -0.782. The third-order valence-corrected chi connectivity index (χ3v) is 12.0. The lowest BCUT2D eigenvalue weighted by molar-refractivity contribution is -0.123. The van der Waals surface area contributed by atoms with Gasteiger partial charge >= 0.3 is 7.82 Å². The van der Waals surface area contributed by atoms with E-state index < -0.39 is 20.0 Å². The van der Waals surface area contributed by atoms with Crippen molar-refractivity contribution in [3.63, 3.8) is 0 Å². The summed E-state index contributed by atoms with van der Waals surface area (Å²) in [7, 11) is -4.32. The van der Waals surface area contributed by atoms with E-state index in [0.29, 0.717) is 12.8 Å². The number of hydrogen-bond acceptors (Lipinski definition) is 6. The molecule has 0 saturated heterocycles. The van der Waals surface area contributed by atoms with Gasteiger partial charge in [-0.3, -0.25) is 13.8 Å². The molecule has 0 aliphatic heterocycles. The first kappa shape index (κ1) is 56.7. The molecule has 0 spiro atoms. The molecule has 9 heteroatoms. The second-order valence-electron chi connectivity index (χ2n) is 16.7. The molecule has 0 saturated carbocycles. The maximum atomic E-state index is 12.8. The van der Waals surface area contributed by atoms with E-state index in [4.69, 9.17) is 14.8 Å². The molecule has 0 aromatic rings. The minimum atomic E-state index is -4.32. The monoisotopic (exact) mass is 839 g/mol. The second-order valence-corrected chi connectivity index (χ2v) is 18.1. The molecular formula is C49H95N2O6P. The van der Waals surface area contributed by atoms with Crippen molar-refractivity contribution in [1.29, 1.82) is 0 Å². The number of hydrogen-bond donors (Lipinski definition) is 4. The zero-order chi connectivity index (χ0) is 42.5. The average Bonchev–Trinajstić information content (AvgIpc) is 3.21. The molecule has 0 radical (unpaired) electrons. The highest BCUT2D eigenvalue weighted by atomic mass is 31.2. The molecule has 58 heavy (non-hydrogen) atoms. The van der Waals surface area contributed by atoms with Gasteiger partial charge in [-0.25, -0.2) is 4.57 Å². The van der Waals surface area contributed by atoms with E-state index in [9.17, 15) is 19.4 Å². The van der Waals surface area contributed by atoms with Crippen molar-refractivity contribution in [2.45, 2.75) is 251 Å². The minimum absolute atomic E-state index is 0.0861. The Labute approximate surface area is 359 Å². The summed E-state index contributed by atoms with van der Waals surface area (Å²) in [6.45, 7) is 4.21. The molecule has 0 heterocycles. The van der Waals surface area contributed by atoms with Crippen LogP contribution in [0.5, 0.6) is 0 Å². The van der Waals surface area contributed by atoms with Crippen LogP contribution in [0.4, 0.5) is 0 Å². The Morgan fingerprint density at radius 1 is 0.569 bits per heavy atom. The summed E-state index contributed by atoms with van der Waals surface area (Å²) in [5.74, 6) is -0.172. The number of phosphoric acid groups is 1. The van der Waals surface area contributed by atoms with E-state index in [1.54, 1.807) is 0 Å². The molecule has 0 aromatic carbocycles. The Morgan fingerprint density at radius 3 is 1.38 bits per heavy atom. The third-order valence-electron chi connectivity index (χ3n) is 11.0. The van der Waals surface area contributed by atoms with Crippen molar-refractivity contribution >= 4 is 13.7 Å². The van der Waals surface area contributed by atoms with Crippen molar-refractivity contribution in [2.24, 2.45) is 5.73 Å². The van der Waals surface area contributed by atoms with Crippen LogP contribution in [0, 0.1) is 0 Å². The maximum Gasteiger partial charge on any atom is 0.472 e. The van der Waals surface area contributed by atoms with E-state index in [1.165, 1.54) is 148 Å². The molecule has 0 aliphatic carbocycles. The lowest BCUT2D eigenvalue weighted by Crippen LogP contribution is -2.46. The van der Waals surface area contributed by atoms with Gasteiger partial charge in [0.05, 0.1) is 25.4 Å². The topological polar surface area (TPSA) is 131 Å². The van der Waals surface area contributed by atoms with E-state index in [-0.39, 0.29) is 25.7 Å². The zero-order valence-corrected chi connectivity index (χ0v) is 38.9. The van der Waals surface area contributed by atoms with Crippen molar-refractivity contribution in [3.8, 4) is 0 Å². The highest BCUT2D eigenvalue weighted by molar-refractivity contribution is 7.47. The molecule has 0 bridgehead atoms. The Bertz CT molecular complexity index is 1010. The Balaban J connectivity index is 4.12. The van der Waals surface area contributed by atoms with Crippen molar-refractivity contribution in [3.05, 3.63) is 36.5 Å². The van der Waals surface area contributed by atoms with Gasteiger partial charge in [-0.1, -0.05) is 217 Å². The van der Waals surface area contributed by atoms with Crippen LogP contribution in [0.15, 0.2) is 36.5 Å². The molecule has 3 unspecified atom stereocenters. The molecular weight excluding hydrogens is 744 g/mol. The maximum absolute atomic E-state index is 12.8. The lowest BCUT2D eigenvalue weighted by atomic mass is 10.0. The smallest absolute Gasteiger partial charge is 0.391 e. The Kier molecular flexibility index (Phi) is 44.3. The highest BCUT2D eigenvalue weighted by Crippen LogP contribution is 2.43. The summed E-state index contributed by atoms with van der Waals surface area (Å²) in [5, 5.41) is 13.8. The molecule has 8 nitrogen and oxygen atoms in total. The van der Waals surface area contributed by atoms with Gasteiger partial charge in [-0.2, -0.15) is 0 Å².